The van der Waals surface area contributed by atoms with Gasteiger partial charge in [-0.25, -0.2) is 0 Å². The predicted octanol–water partition coefficient (Wildman–Crippen LogP) is 4.31. The maximum absolute atomic E-state index is 5.76. The number of benzene rings is 2. The first kappa shape index (κ1) is 11.2. The Labute approximate surface area is 117 Å². The maximum atomic E-state index is 5.76. The van der Waals surface area contributed by atoms with Gasteiger partial charge in [-0.3, -0.25) is 4.98 Å². The molecule has 96 valence electrons. The van der Waals surface area contributed by atoms with Crippen LogP contribution in [0.4, 0.5) is 0 Å². The summed E-state index contributed by atoms with van der Waals surface area (Å²) in [6.45, 7) is 0.592. The number of nitrogens with zero attached hydrogens (tertiary/aromatic N) is 1. The summed E-state index contributed by atoms with van der Waals surface area (Å²) in [7, 11) is 0. The second kappa shape index (κ2) is 4.49. The molecule has 2 nitrogen and oxygen atoms in total. The first-order valence-electron chi connectivity index (χ1n) is 6.68. The van der Waals surface area contributed by atoms with Gasteiger partial charge in [-0.15, -0.1) is 0 Å². The summed E-state index contributed by atoms with van der Waals surface area (Å²) in [4.78, 5) is 4.56. The predicted molar refractivity (Wildman–Crippen MR) is 79.4 cm³/mol. The normalized spacial score (nSPS) is 12.2. The highest BCUT2D eigenvalue weighted by Gasteiger charge is 2.17. The molecular formula is C18H13NO. The van der Waals surface area contributed by atoms with Crippen molar-refractivity contribution in [1.82, 2.24) is 4.98 Å². The Balaban J connectivity index is 1.90. The topological polar surface area (TPSA) is 22.1 Å². The zero-order valence-corrected chi connectivity index (χ0v) is 10.9. The third-order valence-corrected chi connectivity index (χ3v) is 3.62. The van der Waals surface area contributed by atoms with Crippen molar-refractivity contribution in [1.29, 1.82) is 0 Å². The van der Waals surface area contributed by atoms with E-state index in [0.717, 1.165) is 28.1 Å². The lowest BCUT2D eigenvalue weighted by atomic mass is 9.96. The van der Waals surface area contributed by atoms with Gasteiger partial charge in [0, 0.05) is 22.9 Å². The Morgan fingerprint density at radius 3 is 2.55 bits per heavy atom. The van der Waals surface area contributed by atoms with E-state index in [0.29, 0.717) is 6.61 Å². The summed E-state index contributed by atoms with van der Waals surface area (Å²) in [5.74, 6) is 0.949. The van der Waals surface area contributed by atoms with Crippen LogP contribution in [0.1, 0.15) is 5.56 Å². The molecule has 3 aromatic rings. The van der Waals surface area contributed by atoms with Crippen molar-refractivity contribution in [3.05, 3.63) is 72.4 Å². The van der Waals surface area contributed by atoms with Gasteiger partial charge < -0.3 is 4.74 Å². The Morgan fingerprint density at radius 1 is 0.850 bits per heavy atom. The van der Waals surface area contributed by atoms with Crippen LogP contribution in [0.3, 0.4) is 0 Å². The molecule has 1 aliphatic rings. The number of rotatable bonds is 1. The summed E-state index contributed by atoms with van der Waals surface area (Å²) < 4.78 is 5.76. The molecule has 4 rings (SSSR count). The van der Waals surface area contributed by atoms with E-state index in [1.807, 2.05) is 42.6 Å². The van der Waals surface area contributed by atoms with Crippen LogP contribution >= 0.6 is 0 Å². The molecule has 0 fully saturated rings. The van der Waals surface area contributed by atoms with Crippen LogP contribution in [-0.4, -0.2) is 4.98 Å². The van der Waals surface area contributed by atoms with Crippen LogP contribution in [-0.2, 0) is 6.61 Å². The lowest BCUT2D eigenvalue weighted by Crippen LogP contribution is -2.06. The van der Waals surface area contributed by atoms with E-state index in [9.17, 15) is 0 Å². The second-order valence-corrected chi connectivity index (χ2v) is 4.88. The molecule has 0 saturated carbocycles. The monoisotopic (exact) mass is 259 g/mol. The summed E-state index contributed by atoms with van der Waals surface area (Å²) in [5.41, 5.74) is 5.65. The molecule has 0 atom stereocenters. The Kier molecular flexibility index (Phi) is 2.52. The zero-order valence-electron chi connectivity index (χ0n) is 10.9. The number of aromatic nitrogens is 1. The highest BCUT2D eigenvalue weighted by molar-refractivity contribution is 5.78. The zero-order chi connectivity index (χ0) is 13.4. The SMILES string of the molecule is c1ccc(-c2cc3c(cn2)COc2ccccc2-3)cc1. The molecule has 0 aliphatic carbocycles. The lowest BCUT2D eigenvalue weighted by molar-refractivity contribution is 0.302. The Hall–Kier alpha value is -2.61. The number of fused-ring (bicyclic) bond motifs is 3. The molecule has 1 aromatic heterocycles. The largest absolute Gasteiger partial charge is 0.488 e. The van der Waals surface area contributed by atoms with Crippen molar-refractivity contribution in [2.75, 3.05) is 0 Å². The number of hydrogen-bond acceptors (Lipinski definition) is 2. The summed E-state index contributed by atoms with van der Waals surface area (Å²) in [5, 5.41) is 0. The second-order valence-electron chi connectivity index (χ2n) is 4.88. The fourth-order valence-electron chi connectivity index (χ4n) is 2.59. The van der Waals surface area contributed by atoms with Crippen molar-refractivity contribution in [3.8, 4) is 28.1 Å². The Bertz CT molecular complexity index is 765. The molecule has 0 bridgehead atoms. The van der Waals surface area contributed by atoms with Gasteiger partial charge in [-0.1, -0.05) is 48.5 Å². The van der Waals surface area contributed by atoms with Crippen molar-refractivity contribution in [3.63, 3.8) is 0 Å². The van der Waals surface area contributed by atoms with Crippen LogP contribution in [0.25, 0.3) is 22.4 Å². The molecule has 1 aliphatic heterocycles. The first-order chi connectivity index (χ1) is 9.92. The summed E-state index contributed by atoms with van der Waals surface area (Å²) in [6, 6.07) is 20.6. The molecule has 0 N–H and O–H groups in total. The van der Waals surface area contributed by atoms with Crippen molar-refractivity contribution >= 4 is 0 Å². The van der Waals surface area contributed by atoms with E-state index in [1.165, 1.54) is 5.56 Å². The third-order valence-electron chi connectivity index (χ3n) is 3.62. The Morgan fingerprint density at radius 2 is 1.65 bits per heavy atom. The molecule has 0 unspecified atom stereocenters. The molecule has 0 radical (unpaired) electrons. The first-order valence-corrected chi connectivity index (χ1v) is 6.68. The fraction of sp³-hybridized carbons (Fsp3) is 0.0556. The molecule has 2 heterocycles. The van der Waals surface area contributed by atoms with Gasteiger partial charge in [0.25, 0.3) is 0 Å². The van der Waals surface area contributed by atoms with E-state index in [1.54, 1.807) is 0 Å². The fourth-order valence-corrected chi connectivity index (χ4v) is 2.59. The van der Waals surface area contributed by atoms with Crippen LogP contribution in [0, 0.1) is 0 Å². The minimum atomic E-state index is 0.592. The van der Waals surface area contributed by atoms with Gasteiger partial charge in [0.05, 0.1) is 5.69 Å². The van der Waals surface area contributed by atoms with E-state index in [2.05, 4.69) is 29.2 Å². The molecular weight excluding hydrogens is 246 g/mol. The number of para-hydroxylation sites is 1. The van der Waals surface area contributed by atoms with E-state index >= 15 is 0 Å². The molecule has 0 spiro atoms. The number of ether oxygens (including phenoxy) is 1. The quantitative estimate of drug-likeness (QED) is 0.649. The molecule has 2 aromatic carbocycles. The minimum absolute atomic E-state index is 0.592. The number of hydrogen-bond donors (Lipinski definition) is 0. The number of pyridine rings is 1. The van der Waals surface area contributed by atoms with Crippen LogP contribution in [0.5, 0.6) is 5.75 Å². The van der Waals surface area contributed by atoms with Crippen LogP contribution in [0.15, 0.2) is 66.9 Å². The highest BCUT2D eigenvalue weighted by atomic mass is 16.5. The van der Waals surface area contributed by atoms with Crippen LogP contribution in [0.2, 0.25) is 0 Å². The van der Waals surface area contributed by atoms with Gasteiger partial charge in [0.1, 0.15) is 12.4 Å². The maximum Gasteiger partial charge on any atom is 0.127 e. The smallest absolute Gasteiger partial charge is 0.127 e. The average molecular weight is 259 g/mol. The van der Waals surface area contributed by atoms with Crippen LogP contribution < -0.4 is 4.74 Å². The lowest BCUT2D eigenvalue weighted by Gasteiger charge is -2.20. The summed E-state index contributed by atoms with van der Waals surface area (Å²) >= 11 is 0. The van der Waals surface area contributed by atoms with Crippen molar-refractivity contribution < 1.29 is 4.74 Å². The third kappa shape index (κ3) is 1.77. The van der Waals surface area contributed by atoms with Gasteiger partial charge in [-0.05, 0) is 17.7 Å². The standard InChI is InChI=1S/C18H13NO/c1-2-6-13(7-3-1)17-10-16-14(11-19-17)12-20-18-9-5-4-8-15(16)18/h1-11H,12H2. The van der Waals surface area contributed by atoms with Gasteiger partial charge in [0.15, 0.2) is 0 Å². The molecule has 2 heteroatoms. The summed E-state index contributed by atoms with van der Waals surface area (Å²) in [6.07, 6.45) is 1.92. The molecule has 20 heavy (non-hydrogen) atoms. The van der Waals surface area contributed by atoms with Gasteiger partial charge >= 0.3 is 0 Å². The van der Waals surface area contributed by atoms with E-state index in [-0.39, 0.29) is 0 Å². The van der Waals surface area contributed by atoms with E-state index < -0.39 is 0 Å². The minimum Gasteiger partial charge on any atom is -0.488 e. The molecule has 0 saturated heterocycles. The van der Waals surface area contributed by atoms with E-state index in [4.69, 9.17) is 4.74 Å². The van der Waals surface area contributed by atoms with Crippen molar-refractivity contribution in [2.45, 2.75) is 6.61 Å². The molecule has 0 amide bonds. The van der Waals surface area contributed by atoms with Gasteiger partial charge in [0.2, 0.25) is 0 Å². The highest BCUT2D eigenvalue weighted by Crippen LogP contribution is 2.38. The van der Waals surface area contributed by atoms with Crippen molar-refractivity contribution in [2.24, 2.45) is 0 Å². The average Bonchev–Trinajstić information content (AvgIpc) is 2.55. The van der Waals surface area contributed by atoms with Gasteiger partial charge in [-0.2, -0.15) is 0 Å².